The third kappa shape index (κ3) is 1.59. The van der Waals surface area contributed by atoms with Gasteiger partial charge in [0.15, 0.2) is 5.82 Å². The first-order valence-corrected chi connectivity index (χ1v) is 6.28. The van der Waals surface area contributed by atoms with Gasteiger partial charge in [-0.05, 0) is 18.9 Å². The molecule has 5 nitrogen and oxygen atoms in total. The summed E-state index contributed by atoms with van der Waals surface area (Å²) in [6.07, 6.45) is 5.79. The lowest BCUT2D eigenvalue weighted by atomic mass is 10.1. The molecular weight excluding hydrogens is 226 g/mol. The smallest absolute Gasteiger partial charge is 0.178 e. The molecule has 2 aromatic rings. The van der Waals surface area contributed by atoms with Crippen molar-refractivity contribution < 1.29 is 0 Å². The summed E-state index contributed by atoms with van der Waals surface area (Å²) in [7, 11) is 0. The van der Waals surface area contributed by atoms with E-state index in [-0.39, 0.29) is 0 Å². The number of aromatic nitrogens is 4. The van der Waals surface area contributed by atoms with Gasteiger partial charge in [0.1, 0.15) is 12.0 Å². The van der Waals surface area contributed by atoms with E-state index in [0.29, 0.717) is 5.92 Å². The van der Waals surface area contributed by atoms with Gasteiger partial charge < -0.3 is 5.32 Å². The molecular formula is C13H13N5. The van der Waals surface area contributed by atoms with Crippen molar-refractivity contribution in [2.75, 3.05) is 0 Å². The van der Waals surface area contributed by atoms with E-state index in [1.165, 1.54) is 24.1 Å². The largest absolute Gasteiger partial charge is 0.307 e. The van der Waals surface area contributed by atoms with E-state index in [1.54, 1.807) is 12.5 Å². The van der Waals surface area contributed by atoms with Crippen molar-refractivity contribution in [2.24, 2.45) is 0 Å². The van der Waals surface area contributed by atoms with E-state index in [9.17, 15) is 0 Å². The van der Waals surface area contributed by atoms with E-state index < -0.39 is 0 Å². The Morgan fingerprint density at radius 1 is 1.17 bits per heavy atom. The molecule has 0 saturated heterocycles. The molecule has 1 aliphatic carbocycles. The highest BCUT2D eigenvalue weighted by atomic mass is 15.0. The molecule has 0 unspecified atom stereocenters. The minimum Gasteiger partial charge on any atom is -0.307 e. The molecule has 0 aromatic carbocycles. The second-order valence-electron chi connectivity index (χ2n) is 4.83. The Morgan fingerprint density at radius 2 is 2.11 bits per heavy atom. The lowest BCUT2D eigenvalue weighted by molar-refractivity contribution is 0.755. The van der Waals surface area contributed by atoms with Crippen LogP contribution in [0.2, 0.25) is 0 Å². The third-order valence-electron chi connectivity index (χ3n) is 3.49. The van der Waals surface area contributed by atoms with Crippen LogP contribution >= 0.6 is 0 Å². The summed E-state index contributed by atoms with van der Waals surface area (Å²) in [5, 5.41) is 3.35. The molecule has 4 rings (SSSR count). The van der Waals surface area contributed by atoms with Gasteiger partial charge in [-0.2, -0.15) is 0 Å². The molecule has 0 atom stereocenters. The molecule has 18 heavy (non-hydrogen) atoms. The molecule has 3 heterocycles. The summed E-state index contributed by atoms with van der Waals surface area (Å²) in [6.45, 7) is 1.75. The molecule has 0 amide bonds. The van der Waals surface area contributed by atoms with Gasteiger partial charge in [-0.1, -0.05) is 0 Å². The van der Waals surface area contributed by atoms with Gasteiger partial charge in [0.2, 0.25) is 0 Å². The van der Waals surface area contributed by atoms with Crippen LogP contribution in [0.25, 0.3) is 11.5 Å². The van der Waals surface area contributed by atoms with Crippen LogP contribution in [0, 0.1) is 0 Å². The second-order valence-corrected chi connectivity index (χ2v) is 4.83. The second kappa shape index (κ2) is 3.81. The molecule has 0 radical (unpaired) electrons. The van der Waals surface area contributed by atoms with Crippen LogP contribution in [-0.4, -0.2) is 19.9 Å². The predicted octanol–water partition coefficient (Wildman–Crippen LogP) is 1.41. The van der Waals surface area contributed by atoms with Crippen LogP contribution in [-0.2, 0) is 13.1 Å². The summed E-state index contributed by atoms with van der Waals surface area (Å²) in [5.74, 6) is 1.38. The molecule has 90 valence electrons. The van der Waals surface area contributed by atoms with Crippen molar-refractivity contribution >= 4 is 0 Å². The maximum atomic E-state index is 4.74. The van der Waals surface area contributed by atoms with Crippen LogP contribution in [0.1, 0.15) is 35.7 Å². The zero-order valence-corrected chi connectivity index (χ0v) is 9.93. The number of fused-ring (bicyclic) bond motifs is 1. The monoisotopic (exact) mass is 239 g/mol. The minimum atomic E-state index is 0.641. The van der Waals surface area contributed by atoms with E-state index in [0.717, 1.165) is 30.3 Å². The van der Waals surface area contributed by atoms with Crippen LogP contribution in [0.4, 0.5) is 0 Å². The molecule has 0 spiro atoms. The van der Waals surface area contributed by atoms with Crippen LogP contribution in [0.5, 0.6) is 0 Å². The topological polar surface area (TPSA) is 63.6 Å². The lowest BCUT2D eigenvalue weighted by Gasteiger charge is -2.08. The Bertz CT molecular complexity index is 592. The highest BCUT2D eigenvalue weighted by Crippen LogP contribution is 2.42. The molecule has 2 aromatic heterocycles. The third-order valence-corrected chi connectivity index (χ3v) is 3.49. The highest BCUT2D eigenvalue weighted by Gasteiger charge is 2.31. The molecule has 1 saturated carbocycles. The maximum Gasteiger partial charge on any atom is 0.178 e. The molecule has 2 aliphatic rings. The van der Waals surface area contributed by atoms with Crippen LogP contribution in [0.3, 0.4) is 0 Å². The first-order valence-electron chi connectivity index (χ1n) is 6.28. The van der Waals surface area contributed by atoms with Crippen molar-refractivity contribution in [2.45, 2.75) is 31.8 Å². The summed E-state index contributed by atoms with van der Waals surface area (Å²) < 4.78 is 0. The summed E-state index contributed by atoms with van der Waals surface area (Å²) >= 11 is 0. The van der Waals surface area contributed by atoms with Crippen molar-refractivity contribution in [1.82, 2.24) is 25.3 Å². The fraction of sp³-hybridized carbons (Fsp3) is 0.385. The predicted molar refractivity (Wildman–Crippen MR) is 65.6 cm³/mol. The number of rotatable bonds is 2. The molecule has 1 fully saturated rings. The van der Waals surface area contributed by atoms with E-state index in [2.05, 4.69) is 20.3 Å². The van der Waals surface area contributed by atoms with E-state index in [1.807, 2.05) is 6.07 Å². The fourth-order valence-electron chi connectivity index (χ4n) is 2.43. The van der Waals surface area contributed by atoms with Crippen LogP contribution in [0.15, 0.2) is 18.6 Å². The number of hydrogen-bond donors (Lipinski definition) is 1. The average Bonchev–Trinajstić information content (AvgIpc) is 3.16. The number of nitrogens with one attached hydrogen (secondary N) is 1. The van der Waals surface area contributed by atoms with Crippen LogP contribution < -0.4 is 5.32 Å². The average molecular weight is 239 g/mol. The minimum absolute atomic E-state index is 0.641. The van der Waals surface area contributed by atoms with Crippen molar-refractivity contribution in [3.63, 3.8) is 0 Å². The first kappa shape index (κ1) is 10.1. The van der Waals surface area contributed by atoms with Crippen molar-refractivity contribution in [3.8, 4) is 11.5 Å². The Kier molecular flexibility index (Phi) is 2.14. The first-order chi connectivity index (χ1) is 8.92. The summed E-state index contributed by atoms with van der Waals surface area (Å²) in [6, 6.07) is 1.86. The summed E-state index contributed by atoms with van der Waals surface area (Å²) in [5.41, 5.74) is 4.50. The zero-order chi connectivity index (χ0) is 11.9. The van der Waals surface area contributed by atoms with Gasteiger partial charge in [-0.3, -0.25) is 0 Å². The fourth-order valence-corrected chi connectivity index (χ4v) is 2.43. The molecule has 0 bridgehead atoms. The molecule has 1 aliphatic heterocycles. The van der Waals surface area contributed by atoms with Gasteiger partial charge in [0.05, 0.1) is 11.4 Å². The maximum absolute atomic E-state index is 4.74. The summed E-state index contributed by atoms with van der Waals surface area (Å²) in [4.78, 5) is 17.5. The molecule has 1 N–H and O–H groups in total. The Labute approximate surface area is 105 Å². The Balaban J connectivity index is 1.87. The zero-order valence-electron chi connectivity index (χ0n) is 9.93. The number of nitrogens with zero attached hydrogens (tertiary/aromatic N) is 4. The van der Waals surface area contributed by atoms with Gasteiger partial charge in [0, 0.05) is 30.8 Å². The van der Waals surface area contributed by atoms with Gasteiger partial charge >= 0.3 is 0 Å². The number of hydrogen-bond acceptors (Lipinski definition) is 5. The lowest BCUT2D eigenvalue weighted by Crippen LogP contribution is -2.03. The normalized spacial score (nSPS) is 17.8. The van der Waals surface area contributed by atoms with E-state index in [4.69, 9.17) is 4.98 Å². The Morgan fingerprint density at radius 3 is 2.89 bits per heavy atom. The van der Waals surface area contributed by atoms with Gasteiger partial charge in [0.25, 0.3) is 0 Å². The molecule has 5 heteroatoms. The van der Waals surface area contributed by atoms with E-state index >= 15 is 0 Å². The van der Waals surface area contributed by atoms with Gasteiger partial charge in [-0.25, -0.2) is 19.9 Å². The van der Waals surface area contributed by atoms with Crippen molar-refractivity contribution in [1.29, 1.82) is 0 Å². The van der Waals surface area contributed by atoms with Crippen molar-refractivity contribution in [3.05, 3.63) is 35.5 Å². The standard InChI is InChI=1S/C13H13N5/c1-2-8(1)12-9-5-15-6-11(9)17-13(18-12)10-3-4-14-7-16-10/h3-4,7-8,15H,1-2,5-6H2. The SMILES string of the molecule is c1cc(-c2nc3c(c(C4CC4)n2)CNC3)ncn1. The highest BCUT2D eigenvalue weighted by molar-refractivity contribution is 5.51. The Hall–Kier alpha value is -1.88. The quantitative estimate of drug-likeness (QED) is 0.858. The van der Waals surface area contributed by atoms with Gasteiger partial charge in [-0.15, -0.1) is 0 Å².